The minimum absolute atomic E-state index is 0. The van der Waals surface area contributed by atoms with Gasteiger partial charge in [0.2, 0.25) is 0 Å². The van der Waals surface area contributed by atoms with Gasteiger partial charge in [0.1, 0.15) is 17.5 Å². The van der Waals surface area contributed by atoms with Gasteiger partial charge in [-0.2, -0.15) is 15.1 Å². The van der Waals surface area contributed by atoms with Crippen molar-refractivity contribution in [2.24, 2.45) is 0 Å². The largest absolute Gasteiger partial charge is 0.463 e. The summed E-state index contributed by atoms with van der Waals surface area (Å²) in [6.07, 6.45) is 5.95. The van der Waals surface area contributed by atoms with E-state index in [1.165, 1.54) is 12.1 Å². The van der Waals surface area contributed by atoms with E-state index in [-0.39, 0.29) is 7.44 Å². The molecule has 10 heteroatoms. The molecule has 0 bridgehead atoms. The fourth-order valence-electron chi connectivity index (χ4n) is 3.41. The molecule has 0 aliphatic rings. The van der Waals surface area contributed by atoms with E-state index in [4.69, 9.17) is 4.74 Å². The lowest BCUT2D eigenvalue weighted by molar-refractivity contribution is 0.264. The second-order valence-corrected chi connectivity index (χ2v) is 7.90. The number of fused-ring (bicyclic) bond motifs is 1. The predicted molar refractivity (Wildman–Crippen MR) is 123 cm³/mol. The second-order valence-electron chi connectivity index (χ2n) is 7.90. The first-order valence-corrected chi connectivity index (χ1v) is 10.6. The molecule has 0 spiro atoms. The van der Waals surface area contributed by atoms with Gasteiger partial charge in [-0.15, -0.1) is 0 Å². The molecule has 1 N–H and O–H groups in total. The summed E-state index contributed by atoms with van der Waals surface area (Å²) < 4.78 is 35.0. The molecule has 0 aliphatic carbocycles. The van der Waals surface area contributed by atoms with Crippen molar-refractivity contribution in [3.63, 3.8) is 0 Å². The summed E-state index contributed by atoms with van der Waals surface area (Å²) in [5.41, 5.74) is 2.23. The van der Waals surface area contributed by atoms with E-state index in [2.05, 4.69) is 30.3 Å². The molecule has 33 heavy (non-hydrogen) atoms. The van der Waals surface area contributed by atoms with Crippen molar-refractivity contribution in [2.75, 3.05) is 32.6 Å². The molecule has 174 valence electrons. The highest BCUT2D eigenvalue weighted by Gasteiger charge is 2.17. The molecule has 4 aromatic rings. The van der Waals surface area contributed by atoms with Crippen LogP contribution in [0.3, 0.4) is 0 Å². The monoisotopic (exact) mass is 455 g/mol. The van der Waals surface area contributed by atoms with Gasteiger partial charge in [-0.3, -0.25) is 0 Å². The Morgan fingerprint density at radius 1 is 1.21 bits per heavy atom. The van der Waals surface area contributed by atoms with Gasteiger partial charge in [0.05, 0.1) is 30.1 Å². The summed E-state index contributed by atoms with van der Waals surface area (Å²) in [7, 11) is 3.99. The number of nitrogens with zero attached hydrogens (tertiary/aromatic N) is 6. The van der Waals surface area contributed by atoms with Crippen molar-refractivity contribution in [1.82, 2.24) is 29.5 Å². The van der Waals surface area contributed by atoms with E-state index in [0.29, 0.717) is 34.9 Å². The highest BCUT2D eigenvalue weighted by Crippen LogP contribution is 2.28. The lowest BCUT2D eigenvalue weighted by Crippen LogP contribution is -2.16. The third-order valence-electron chi connectivity index (χ3n) is 5.04. The van der Waals surface area contributed by atoms with E-state index >= 15 is 0 Å². The van der Waals surface area contributed by atoms with Crippen LogP contribution < -0.4 is 10.1 Å². The number of nitrogens with one attached hydrogen (secondary N) is 1. The molecule has 8 nitrogen and oxygen atoms in total. The van der Waals surface area contributed by atoms with Gasteiger partial charge < -0.3 is 15.0 Å². The van der Waals surface area contributed by atoms with Crippen LogP contribution in [0.5, 0.6) is 6.01 Å². The maximum atomic E-state index is 14.3. The van der Waals surface area contributed by atoms with Crippen LogP contribution in [0.15, 0.2) is 48.9 Å². The molecule has 0 radical (unpaired) electrons. The molecule has 0 amide bonds. The van der Waals surface area contributed by atoms with Crippen LogP contribution in [-0.4, -0.2) is 56.7 Å². The minimum Gasteiger partial charge on any atom is -0.463 e. The zero-order chi connectivity index (χ0) is 23.4. The number of hydrogen-bond donors (Lipinski definition) is 1. The number of hydrogen-bond acceptors (Lipinski definition) is 7. The van der Waals surface area contributed by atoms with Crippen molar-refractivity contribution in [3.05, 3.63) is 66.1 Å². The van der Waals surface area contributed by atoms with E-state index in [0.717, 1.165) is 19.0 Å². The highest BCUT2D eigenvalue weighted by molar-refractivity contribution is 5.75. The van der Waals surface area contributed by atoms with Crippen LogP contribution in [0.2, 0.25) is 0 Å². The smallest absolute Gasteiger partial charge is 0.318 e. The van der Waals surface area contributed by atoms with Crippen LogP contribution >= 0.6 is 0 Å². The summed E-state index contributed by atoms with van der Waals surface area (Å²) >= 11 is 0. The van der Waals surface area contributed by atoms with Gasteiger partial charge >= 0.3 is 6.01 Å². The molecule has 0 unspecified atom stereocenters. The van der Waals surface area contributed by atoms with E-state index in [1.54, 1.807) is 42.2 Å². The SMILES string of the molecule is C[C@H](Nc1cc(-c2cnn3cccnc23)nc(OCCCN(C)C)n1)c1ccc(F)cc1F.[HH]. The average Bonchev–Trinajstić information content (AvgIpc) is 3.20. The van der Waals surface area contributed by atoms with Crippen LogP contribution in [0, 0.1) is 11.6 Å². The third-order valence-corrected chi connectivity index (χ3v) is 5.04. The summed E-state index contributed by atoms with van der Waals surface area (Å²) in [5.74, 6) is -0.813. The third kappa shape index (κ3) is 5.40. The van der Waals surface area contributed by atoms with Crippen LogP contribution in [-0.2, 0) is 0 Å². The maximum Gasteiger partial charge on any atom is 0.318 e. The topological polar surface area (TPSA) is 80.5 Å². The van der Waals surface area contributed by atoms with Crippen molar-refractivity contribution in [2.45, 2.75) is 19.4 Å². The maximum absolute atomic E-state index is 14.3. The first-order chi connectivity index (χ1) is 15.9. The zero-order valence-corrected chi connectivity index (χ0v) is 18.7. The summed E-state index contributed by atoms with van der Waals surface area (Å²) in [5, 5.41) is 7.49. The Morgan fingerprint density at radius 3 is 2.85 bits per heavy atom. The molecule has 3 aromatic heterocycles. The second kappa shape index (κ2) is 9.86. The molecule has 1 aromatic carbocycles. The molecule has 0 saturated carbocycles. The van der Waals surface area contributed by atoms with Gasteiger partial charge in [0.25, 0.3) is 0 Å². The van der Waals surface area contributed by atoms with Crippen molar-refractivity contribution >= 4 is 11.5 Å². The molecular formula is C23H27F2N7O. The first-order valence-electron chi connectivity index (χ1n) is 10.6. The van der Waals surface area contributed by atoms with Crippen molar-refractivity contribution in [1.29, 1.82) is 0 Å². The standard InChI is InChI=1S/C23H25F2N7O.H2/c1-15(17-7-6-16(24)12-19(17)25)28-21-13-20(18-14-27-32-10-4-8-26-22(18)32)29-23(30-21)33-11-5-9-31(2)3;/h4,6-8,10,12-15H,5,9,11H2,1-3H3,(H,28,29,30);1H/t15-;/m0./s1. The summed E-state index contributed by atoms with van der Waals surface area (Å²) in [4.78, 5) is 15.5. The quantitative estimate of drug-likeness (QED) is 0.379. The number of aromatic nitrogens is 5. The Kier molecular flexibility index (Phi) is 6.74. The van der Waals surface area contributed by atoms with Gasteiger partial charge in [-0.05, 0) is 39.6 Å². The number of benzene rings is 1. The van der Waals surface area contributed by atoms with E-state index in [9.17, 15) is 8.78 Å². The van der Waals surface area contributed by atoms with Gasteiger partial charge in [-0.25, -0.2) is 18.3 Å². The number of anilines is 1. The number of halogens is 2. The Balaban J connectivity index is 0.00000324. The molecule has 4 rings (SSSR count). The minimum atomic E-state index is -0.628. The average molecular weight is 456 g/mol. The van der Waals surface area contributed by atoms with E-state index < -0.39 is 17.7 Å². The predicted octanol–water partition coefficient (Wildman–Crippen LogP) is 4.21. The summed E-state index contributed by atoms with van der Waals surface area (Å²) in [6.45, 7) is 3.08. The fraction of sp³-hybridized carbons (Fsp3) is 0.304. The molecule has 1 atom stereocenters. The molecule has 0 aliphatic heterocycles. The Labute approximate surface area is 191 Å². The van der Waals surface area contributed by atoms with E-state index in [1.807, 2.05) is 14.1 Å². The lowest BCUT2D eigenvalue weighted by atomic mass is 10.1. The fourth-order valence-corrected chi connectivity index (χ4v) is 3.41. The highest BCUT2D eigenvalue weighted by atomic mass is 19.1. The molecule has 3 heterocycles. The van der Waals surface area contributed by atoms with Crippen molar-refractivity contribution in [3.8, 4) is 17.3 Å². The zero-order valence-electron chi connectivity index (χ0n) is 18.7. The van der Waals surface area contributed by atoms with Gasteiger partial charge in [0.15, 0.2) is 5.65 Å². The summed E-state index contributed by atoms with van der Waals surface area (Å²) in [6, 6.07) is 6.74. The normalized spacial score (nSPS) is 12.3. The van der Waals surface area contributed by atoms with Crippen LogP contribution in [0.25, 0.3) is 16.9 Å². The Hall–Kier alpha value is -3.66. The van der Waals surface area contributed by atoms with Gasteiger partial charge in [0, 0.05) is 38.1 Å². The van der Waals surface area contributed by atoms with Crippen molar-refractivity contribution < 1.29 is 14.9 Å². The van der Waals surface area contributed by atoms with Gasteiger partial charge in [-0.1, -0.05) is 6.07 Å². The molecule has 0 saturated heterocycles. The first kappa shape index (κ1) is 22.5. The number of ether oxygens (including phenoxy) is 1. The molecular weight excluding hydrogens is 428 g/mol. The van der Waals surface area contributed by atoms with Crippen LogP contribution in [0.4, 0.5) is 14.6 Å². The Morgan fingerprint density at radius 2 is 2.06 bits per heavy atom. The Bertz CT molecular complexity index is 1250. The lowest BCUT2D eigenvalue weighted by Gasteiger charge is -2.17. The molecule has 0 fully saturated rings. The number of rotatable bonds is 9. The van der Waals surface area contributed by atoms with Crippen LogP contribution in [0.1, 0.15) is 26.4 Å².